The Labute approximate surface area is 133 Å². The van der Waals surface area contributed by atoms with Crippen molar-refractivity contribution in [3.8, 4) is 0 Å². The lowest BCUT2D eigenvalue weighted by molar-refractivity contribution is -0.121. The van der Waals surface area contributed by atoms with E-state index in [4.69, 9.17) is 4.52 Å². The summed E-state index contributed by atoms with van der Waals surface area (Å²) in [6, 6.07) is 9.31. The van der Waals surface area contributed by atoms with Gasteiger partial charge in [-0.2, -0.15) is 4.98 Å². The molecular weight excluding hydrogens is 296 g/mol. The fraction of sp³-hybridized carbons (Fsp3) is 0.375. The molecule has 0 spiro atoms. The first kappa shape index (κ1) is 15.2. The lowest BCUT2D eigenvalue weighted by Crippen LogP contribution is -2.41. The van der Waals surface area contributed by atoms with E-state index in [1.54, 1.807) is 24.0 Å². The van der Waals surface area contributed by atoms with Gasteiger partial charge in [0.1, 0.15) is 0 Å². The lowest BCUT2D eigenvalue weighted by atomic mass is 9.95. The largest absolute Gasteiger partial charge is 0.339 e. The fourth-order valence-corrected chi connectivity index (χ4v) is 2.66. The minimum Gasteiger partial charge on any atom is -0.339 e. The summed E-state index contributed by atoms with van der Waals surface area (Å²) in [5, 5.41) is 6.26. The number of hydrogen-bond donors (Lipinski definition) is 1. The Hall–Kier alpha value is -2.70. The van der Waals surface area contributed by atoms with Gasteiger partial charge in [-0.3, -0.25) is 14.9 Å². The summed E-state index contributed by atoms with van der Waals surface area (Å²) in [6.45, 7) is 2.82. The van der Waals surface area contributed by atoms with Crippen LogP contribution in [-0.2, 0) is 4.79 Å². The molecule has 0 bridgehead atoms. The third-order valence-electron chi connectivity index (χ3n) is 3.93. The zero-order valence-corrected chi connectivity index (χ0v) is 12.9. The van der Waals surface area contributed by atoms with Crippen molar-refractivity contribution < 1.29 is 14.1 Å². The molecule has 23 heavy (non-hydrogen) atoms. The van der Waals surface area contributed by atoms with E-state index in [-0.39, 0.29) is 23.7 Å². The van der Waals surface area contributed by atoms with Crippen molar-refractivity contribution >= 4 is 17.8 Å². The molecule has 1 aromatic heterocycles. The van der Waals surface area contributed by atoms with Gasteiger partial charge in [0.05, 0.1) is 0 Å². The number of hydrogen-bond acceptors (Lipinski definition) is 5. The van der Waals surface area contributed by atoms with Gasteiger partial charge in [-0.15, -0.1) is 0 Å². The Kier molecular flexibility index (Phi) is 4.36. The van der Waals surface area contributed by atoms with E-state index in [1.165, 1.54) is 0 Å². The standard InChI is InChI=1S/C16H18N4O3/c1-11-17-16(23-19-11)18-14(21)12-7-9-20(10-8-12)15(22)13-5-3-2-4-6-13/h2-6,12H,7-10H2,1H3,(H,17,18,19,21). The highest BCUT2D eigenvalue weighted by atomic mass is 16.5. The molecule has 1 fully saturated rings. The minimum atomic E-state index is -0.151. The van der Waals surface area contributed by atoms with Crippen molar-refractivity contribution in [2.45, 2.75) is 19.8 Å². The molecule has 7 heteroatoms. The summed E-state index contributed by atoms with van der Waals surface area (Å²) < 4.78 is 4.89. The van der Waals surface area contributed by atoms with Gasteiger partial charge in [-0.05, 0) is 31.9 Å². The van der Waals surface area contributed by atoms with E-state index in [1.807, 2.05) is 18.2 Å². The highest BCUT2D eigenvalue weighted by Gasteiger charge is 2.28. The lowest BCUT2D eigenvalue weighted by Gasteiger charge is -2.31. The number of nitrogens with zero attached hydrogens (tertiary/aromatic N) is 3. The monoisotopic (exact) mass is 314 g/mol. The first-order valence-corrected chi connectivity index (χ1v) is 7.59. The Bertz CT molecular complexity index is 690. The number of aromatic nitrogens is 2. The van der Waals surface area contributed by atoms with Crippen molar-refractivity contribution in [1.82, 2.24) is 15.0 Å². The van der Waals surface area contributed by atoms with Gasteiger partial charge in [-0.25, -0.2) is 0 Å². The molecule has 1 aliphatic heterocycles. The minimum absolute atomic E-state index is 0.0111. The number of piperidine rings is 1. The molecule has 0 radical (unpaired) electrons. The van der Waals surface area contributed by atoms with Crippen molar-refractivity contribution in [3.63, 3.8) is 0 Å². The Morgan fingerprint density at radius 1 is 1.22 bits per heavy atom. The molecule has 1 aromatic carbocycles. The van der Waals surface area contributed by atoms with Gasteiger partial charge in [0.25, 0.3) is 5.91 Å². The number of carbonyl (C=O) groups excluding carboxylic acids is 2. The molecule has 1 saturated heterocycles. The Morgan fingerprint density at radius 3 is 2.52 bits per heavy atom. The highest BCUT2D eigenvalue weighted by molar-refractivity contribution is 5.95. The second-order valence-electron chi connectivity index (χ2n) is 5.57. The average molecular weight is 314 g/mol. The van der Waals surface area contributed by atoms with Crippen molar-refractivity contribution in [2.24, 2.45) is 5.92 Å². The van der Waals surface area contributed by atoms with Gasteiger partial charge in [-0.1, -0.05) is 23.4 Å². The van der Waals surface area contributed by atoms with Crippen molar-refractivity contribution in [2.75, 3.05) is 18.4 Å². The predicted molar refractivity (Wildman–Crippen MR) is 82.7 cm³/mol. The molecular formula is C16H18N4O3. The number of anilines is 1. The molecule has 2 amide bonds. The van der Waals surface area contributed by atoms with Gasteiger partial charge in [0.15, 0.2) is 5.82 Å². The predicted octanol–water partition coefficient (Wildman–Crippen LogP) is 1.87. The van der Waals surface area contributed by atoms with Crippen LogP contribution in [0.3, 0.4) is 0 Å². The van der Waals surface area contributed by atoms with E-state index in [0.29, 0.717) is 37.3 Å². The van der Waals surface area contributed by atoms with Crippen LogP contribution in [0.2, 0.25) is 0 Å². The van der Waals surface area contributed by atoms with Crippen LogP contribution in [-0.4, -0.2) is 39.9 Å². The number of amides is 2. The number of likely N-dealkylation sites (tertiary alicyclic amines) is 1. The SMILES string of the molecule is Cc1noc(NC(=O)C2CCN(C(=O)c3ccccc3)CC2)n1. The molecule has 1 aliphatic rings. The summed E-state index contributed by atoms with van der Waals surface area (Å²) >= 11 is 0. The van der Waals surface area contributed by atoms with Crippen molar-refractivity contribution in [3.05, 3.63) is 41.7 Å². The zero-order chi connectivity index (χ0) is 16.2. The van der Waals surface area contributed by atoms with Gasteiger partial charge in [0.2, 0.25) is 5.91 Å². The topological polar surface area (TPSA) is 88.3 Å². The van der Waals surface area contributed by atoms with E-state index in [2.05, 4.69) is 15.5 Å². The van der Waals surface area contributed by atoms with Crippen LogP contribution in [0.1, 0.15) is 29.0 Å². The molecule has 0 saturated carbocycles. The van der Waals surface area contributed by atoms with Crippen LogP contribution in [0.4, 0.5) is 6.01 Å². The number of carbonyl (C=O) groups is 2. The molecule has 2 heterocycles. The van der Waals surface area contributed by atoms with Crippen molar-refractivity contribution in [1.29, 1.82) is 0 Å². The van der Waals surface area contributed by atoms with E-state index in [0.717, 1.165) is 0 Å². The number of benzene rings is 1. The van der Waals surface area contributed by atoms with Crippen LogP contribution >= 0.6 is 0 Å². The summed E-state index contributed by atoms with van der Waals surface area (Å²) in [6.07, 6.45) is 1.25. The summed E-state index contributed by atoms with van der Waals surface area (Å²) in [4.78, 5) is 30.3. The summed E-state index contributed by atoms with van der Waals surface area (Å²) in [5.41, 5.74) is 0.678. The molecule has 0 aliphatic carbocycles. The molecule has 7 nitrogen and oxygen atoms in total. The molecule has 3 rings (SSSR count). The maximum absolute atomic E-state index is 12.4. The van der Waals surface area contributed by atoms with Crippen LogP contribution in [0.15, 0.2) is 34.9 Å². The Morgan fingerprint density at radius 2 is 1.91 bits per heavy atom. The van der Waals surface area contributed by atoms with E-state index >= 15 is 0 Å². The average Bonchev–Trinajstić information content (AvgIpc) is 3.00. The smallest absolute Gasteiger partial charge is 0.328 e. The summed E-state index contributed by atoms with van der Waals surface area (Å²) in [7, 11) is 0. The normalized spacial score (nSPS) is 15.4. The summed E-state index contributed by atoms with van der Waals surface area (Å²) in [5.74, 6) is 0.197. The van der Waals surface area contributed by atoms with E-state index < -0.39 is 0 Å². The second-order valence-corrected chi connectivity index (χ2v) is 5.57. The van der Waals surface area contributed by atoms with Crippen LogP contribution in [0.25, 0.3) is 0 Å². The third kappa shape index (κ3) is 3.56. The molecule has 0 unspecified atom stereocenters. The highest BCUT2D eigenvalue weighted by Crippen LogP contribution is 2.20. The quantitative estimate of drug-likeness (QED) is 0.934. The van der Waals surface area contributed by atoms with Gasteiger partial charge in [0, 0.05) is 24.6 Å². The maximum atomic E-state index is 12.4. The van der Waals surface area contributed by atoms with Gasteiger partial charge < -0.3 is 9.42 Å². The molecule has 2 aromatic rings. The number of rotatable bonds is 3. The Balaban J connectivity index is 1.54. The van der Waals surface area contributed by atoms with Gasteiger partial charge >= 0.3 is 6.01 Å². The first-order chi connectivity index (χ1) is 11.1. The van der Waals surface area contributed by atoms with Crippen LogP contribution < -0.4 is 5.32 Å². The molecule has 1 N–H and O–H groups in total. The molecule has 120 valence electrons. The maximum Gasteiger partial charge on any atom is 0.328 e. The first-order valence-electron chi connectivity index (χ1n) is 7.59. The van der Waals surface area contributed by atoms with E-state index in [9.17, 15) is 9.59 Å². The fourth-order valence-electron chi connectivity index (χ4n) is 2.66. The van der Waals surface area contributed by atoms with Crippen LogP contribution in [0, 0.1) is 12.8 Å². The third-order valence-corrected chi connectivity index (χ3v) is 3.93. The second kappa shape index (κ2) is 6.60. The zero-order valence-electron chi connectivity index (χ0n) is 12.9. The van der Waals surface area contributed by atoms with Crippen LogP contribution in [0.5, 0.6) is 0 Å². The number of nitrogens with one attached hydrogen (secondary N) is 1. The molecule has 0 atom stereocenters. The number of aryl methyl sites for hydroxylation is 1.